The van der Waals surface area contributed by atoms with Crippen LogP contribution in [0.1, 0.15) is 12.6 Å². The molecule has 5 rings (SSSR count). The summed E-state index contributed by atoms with van der Waals surface area (Å²) >= 11 is 0. The molecule has 0 fully saturated rings. The maximum atomic E-state index is 15.7. The van der Waals surface area contributed by atoms with E-state index in [4.69, 9.17) is 4.98 Å². The van der Waals surface area contributed by atoms with Crippen LogP contribution in [0, 0.1) is 11.6 Å². The van der Waals surface area contributed by atoms with Crippen LogP contribution in [0.15, 0.2) is 52.8 Å². The molecule has 0 saturated heterocycles. The molecule has 198 valence electrons. The lowest BCUT2D eigenvalue weighted by Gasteiger charge is -2.12. The van der Waals surface area contributed by atoms with Crippen molar-refractivity contribution >= 4 is 46.3 Å². The van der Waals surface area contributed by atoms with E-state index in [0.29, 0.717) is 51.4 Å². The number of hydrogen-bond acceptors (Lipinski definition) is 7. The number of allylic oxidation sites excluding steroid dienone is 1. The normalized spacial score (nSPS) is 12.3. The Labute approximate surface area is 222 Å². The van der Waals surface area contributed by atoms with Crippen molar-refractivity contribution in [3.63, 3.8) is 0 Å². The molecule has 3 N–H and O–H groups in total. The quantitative estimate of drug-likeness (QED) is 0.185. The minimum atomic E-state index is -0.566. The van der Waals surface area contributed by atoms with Crippen LogP contribution in [0.2, 0.25) is 0 Å². The fraction of sp³-hybridized carbons (Fsp3) is 0.185. The second kappa shape index (κ2) is 10.9. The van der Waals surface area contributed by atoms with Gasteiger partial charge in [-0.3, -0.25) is 20.1 Å². The zero-order valence-corrected chi connectivity index (χ0v) is 21.6. The smallest absolute Gasteiger partial charge is 0.160 e. The van der Waals surface area contributed by atoms with Gasteiger partial charge in [-0.1, -0.05) is 0 Å². The summed E-state index contributed by atoms with van der Waals surface area (Å²) in [5, 5.41) is 10.6. The van der Waals surface area contributed by atoms with Gasteiger partial charge in [0.15, 0.2) is 11.6 Å². The Hall–Kier alpha value is -4.84. The fourth-order valence-electron chi connectivity index (χ4n) is 4.19. The fourth-order valence-corrected chi connectivity index (χ4v) is 4.19. The van der Waals surface area contributed by atoms with Crippen molar-refractivity contribution in [3.8, 4) is 22.8 Å². The van der Waals surface area contributed by atoms with Crippen molar-refractivity contribution < 1.29 is 8.78 Å². The van der Waals surface area contributed by atoms with Gasteiger partial charge in [0.1, 0.15) is 29.1 Å². The summed E-state index contributed by atoms with van der Waals surface area (Å²) in [4.78, 5) is 26.1. The molecule has 0 spiro atoms. The van der Waals surface area contributed by atoms with Gasteiger partial charge in [0.2, 0.25) is 0 Å². The van der Waals surface area contributed by atoms with E-state index < -0.39 is 11.6 Å². The number of H-pyrrole nitrogens is 2. The molecule has 4 heterocycles. The van der Waals surface area contributed by atoms with E-state index in [-0.39, 0.29) is 16.8 Å². The molecule has 39 heavy (non-hydrogen) atoms. The SMILES string of the molecule is C=N/C=N\C=C(/C)c1ncc2[nH]nc(-c3nc4c(-c5cc(F)cc(NCCN(C)C)c5)nccc4[nH]3)c2c1F. The molecule has 12 heteroatoms. The average Bonchev–Trinajstić information content (AvgIpc) is 3.53. The predicted molar refractivity (Wildman–Crippen MR) is 151 cm³/mol. The maximum absolute atomic E-state index is 15.7. The highest BCUT2D eigenvalue weighted by atomic mass is 19.1. The molecule has 1 aromatic carbocycles. The first-order chi connectivity index (χ1) is 18.9. The van der Waals surface area contributed by atoms with Crippen LogP contribution >= 0.6 is 0 Å². The Bertz CT molecular complexity index is 1730. The summed E-state index contributed by atoms with van der Waals surface area (Å²) in [5.74, 6) is -0.631. The van der Waals surface area contributed by atoms with Crippen LogP contribution in [0.4, 0.5) is 14.5 Å². The van der Waals surface area contributed by atoms with Gasteiger partial charge < -0.3 is 15.2 Å². The van der Waals surface area contributed by atoms with E-state index in [9.17, 15) is 4.39 Å². The van der Waals surface area contributed by atoms with E-state index in [2.05, 4.69) is 47.2 Å². The molecule has 0 amide bonds. The Kier molecular flexibility index (Phi) is 7.19. The van der Waals surface area contributed by atoms with Crippen LogP contribution in [0.3, 0.4) is 0 Å². The Balaban J connectivity index is 1.57. The second-order valence-corrected chi connectivity index (χ2v) is 9.14. The maximum Gasteiger partial charge on any atom is 0.160 e. The number of imidazole rings is 1. The third-order valence-corrected chi connectivity index (χ3v) is 6.02. The number of pyridine rings is 2. The highest BCUT2D eigenvalue weighted by molar-refractivity contribution is 5.97. The third-order valence-electron chi connectivity index (χ3n) is 6.02. The minimum Gasteiger partial charge on any atom is -0.384 e. The van der Waals surface area contributed by atoms with E-state index >= 15 is 4.39 Å². The number of nitrogens with zero attached hydrogens (tertiary/aromatic N) is 7. The summed E-state index contributed by atoms with van der Waals surface area (Å²) in [6, 6.07) is 6.43. The van der Waals surface area contributed by atoms with Gasteiger partial charge >= 0.3 is 0 Å². The molecule has 0 saturated carbocycles. The Morgan fingerprint density at radius 1 is 1.15 bits per heavy atom. The molecule has 0 unspecified atom stereocenters. The van der Waals surface area contributed by atoms with Crippen molar-refractivity contribution in [1.29, 1.82) is 0 Å². The summed E-state index contributed by atoms with van der Waals surface area (Å²) in [5.41, 5.74) is 4.15. The van der Waals surface area contributed by atoms with Gasteiger partial charge in [-0.05, 0) is 57.6 Å². The number of benzene rings is 1. The first kappa shape index (κ1) is 25.8. The summed E-state index contributed by atoms with van der Waals surface area (Å²) in [6.07, 6.45) is 5.82. The number of nitrogens with one attached hydrogen (secondary N) is 3. The lowest BCUT2D eigenvalue weighted by Crippen LogP contribution is -2.20. The second-order valence-electron chi connectivity index (χ2n) is 9.14. The van der Waals surface area contributed by atoms with Crippen LogP contribution in [-0.2, 0) is 0 Å². The average molecular weight is 529 g/mol. The summed E-state index contributed by atoms with van der Waals surface area (Å²) < 4.78 is 30.2. The van der Waals surface area contributed by atoms with Crippen LogP contribution < -0.4 is 5.32 Å². The topological polar surface area (TPSA) is 123 Å². The largest absolute Gasteiger partial charge is 0.384 e. The monoisotopic (exact) mass is 528 g/mol. The number of aromatic nitrogens is 6. The predicted octanol–water partition coefficient (Wildman–Crippen LogP) is 4.90. The van der Waals surface area contributed by atoms with E-state index in [0.717, 1.165) is 6.54 Å². The summed E-state index contributed by atoms with van der Waals surface area (Å²) in [7, 11) is 3.94. The molecule has 0 atom stereocenters. The van der Waals surface area contributed by atoms with E-state index in [1.807, 2.05) is 25.1 Å². The molecule has 0 aliphatic heterocycles. The van der Waals surface area contributed by atoms with Gasteiger partial charge in [-0.2, -0.15) is 5.10 Å². The first-order valence-electron chi connectivity index (χ1n) is 12.1. The molecular weight excluding hydrogens is 502 g/mol. The van der Waals surface area contributed by atoms with Gasteiger partial charge in [-0.25, -0.2) is 18.8 Å². The van der Waals surface area contributed by atoms with Crippen LogP contribution in [0.25, 0.3) is 50.3 Å². The third kappa shape index (κ3) is 5.27. The van der Waals surface area contributed by atoms with Crippen molar-refractivity contribution in [2.24, 2.45) is 9.98 Å². The highest BCUT2D eigenvalue weighted by Gasteiger charge is 2.21. The molecular formula is C27H26F2N10. The zero-order valence-electron chi connectivity index (χ0n) is 21.6. The standard InChI is InChI=1S/C27H26F2N10/c1-15(12-31-14-30-2)23-22(29)21-20(13-34-23)37-38-26(21)27-35-19-5-6-33-24(25(19)36-27)16-9-17(28)11-18(10-16)32-7-8-39(3)4/h5-6,9-14,32H,2,7-8H2,1,3-4H3,(H,35,36)(H,37,38)/b15-12+,31-14-. The Morgan fingerprint density at radius 2 is 2.00 bits per heavy atom. The number of rotatable bonds is 9. The lowest BCUT2D eigenvalue weighted by atomic mass is 10.1. The van der Waals surface area contributed by atoms with Crippen molar-refractivity contribution in [2.45, 2.75) is 6.92 Å². The summed E-state index contributed by atoms with van der Waals surface area (Å²) in [6.45, 7) is 6.47. The van der Waals surface area contributed by atoms with Crippen LogP contribution in [-0.4, -0.2) is 75.3 Å². The van der Waals surface area contributed by atoms with Crippen molar-refractivity contribution in [2.75, 3.05) is 32.5 Å². The molecule has 0 aliphatic rings. The Morgan fingerprint density at radius 3 is 2.79 bits per heavy atom. The molecule has 0 radical (unpaired) electrons. The number of aliphatic imine (C=N–C) groups is 2. The minimum absolute atomic E-state index is 0.124. The number of fused-ring (bicyclic) bond motifs is 2. The number of anilines is 1. The highest BCUT2D eigenvalue weighted by Crippen LogP contribution is 2.33. The van der Waals surface area contributed by atoms with Gasteiger partial charge in [0.05, 0.1) is 28.3 Å². The lowest BCUT2D eigenvalue weighted by molar-refractivity contribution is 0.425. The molecule has 10 nitrogen and oxygen atoms in total. The number of aromatic amines is 2. The van der Waals surface area contributed by atoms with Crippen LogP contribution in [0.5, 0.6) is 0 Å². The molecule has 4 aromatic heterocycles. The van der Waals surface area contributed by atoms with E-state index in [1.165, 1.54) is 30.9 Å². The number of likely N-dealkylation sites (N-methyl/N-ethyl adjacent to an activating group) is 1. The molecule has 0 aliphatic carbocycles. The number of halogens is 2. The number of hydrogen-bond donors (Lipinski definition) is 3. The van der Waals surface area contributed by atoms with Crippen molar-refractivity contribution in [3.05, 3.63) is 60.2 Å². The van der Waals surface area contributed by atoms with Gasteiger partial charge in [0.25, 0.3) is 0 Å². The van der Waals surface area contributed by atoms with Gasteiger partial charge in [-0.15, -0.1) is 0 Å². The first-order valence-corrected chi connectivity index (χ1v) is 12.1. The van der Waals surface area contributed by atoms with Gasteiger partial charge in [0, 0.05) is 36.7 Å². The zero-order chi connectivity index (χ0) is 27.5. The van der Waals surface area contributed by atoms with Crippen molar-refractivity contribution in [1.82, 2.24) is 35.0 Å². The van der Waals surface area contributed by atoms with E-state index in [1.54, 1.807) is 19.2 Å². The molecule has 5 aromatic rings. The molecule has 0 bridgehead atoms.